The molecule has 3 rings (SSSR count). The van der Waals surface area contributed by atoms with E-state index in [0.717, 1.165) is 5.69 Å². The Hall–Kier alpha value is -2.65. The number of aryl methyl sites for hydroxylation is 2. The average molecular weight is 300 g/mol. The second-order valence-electron chi connectivity index (χ2n) is 4.46. The molecule has 6 nitrogen and oxygen atoms in total. The van der Waals surface area contributed by atoms with Gasteiger partial charge in [0.05, 0.1) is 6.20 Å². The third kappa shape index (κ3) is 2.28. The highest BCUT2D eigenvalue weighted by Gasteiger charge is 2.17. The summed E-state index contributed by atoms with van der Waals surface area (Å²) in [7, 11) is 1.72. The summed E-state index contributed by atoms with van der Waals surface area (Å²) in [4.78, 5) is 12.4. The number of nitrogens with zero attached hydrogens (tertiary/aromatic N) is 5. The van der Waals surface area contributed by atoms with E-state index in [-0.39, 0.29) is 5.28 Å². The van der Waals surface area contributed by atoms with E-state index in [9.17, 15) is 5.26 Å². The van der Waals surface area contributed by atoms with E-state index in [2.05, 4.69) is 21.0 Å². The number of imidazole rings is 1. The number of ether oxygens (including phenoxy) is 1. The molecule has 0 aliphatic heterocycles. The number of pyridine rings is 2. The first-order chi connectivity index (χ1) is 10.1. The zero-order chi connectivity index (χ0) is 15.0. The predicted molar refractivity (Wildman–Crippen MR) is 77.3 cm³/mol. The molecule has 0 saturated carbocycles. The summed E-state index contributed by atoms with van der Waals surface area (Å²) in [6, 6.07) is 5.62. The molecule has 0 fully saturated rings. The summed E-state index contributed by atoms with van der Waals surface area (Å²) in [5.74, 6) is 0.948. The van der Waals surface area contributed by atoms with E-state index in [1.54, 1.807) is 29.9 Å². The molecule has 0 aromatic carbocycles. The third-order valence-corrected chi connectivity index (χ3v) is 3.36. The summed E-state index contributed by atoms with van der Waals surface area (Å²) in [6.07, 6.45) is 3.11. The topological polar surface area (TPSA) is 76.6 Å². The highest BCUT2D eigenvalue weighted by atomic mass is 35.5. The molecule has 0 aliphatic rings. The molecule has 0 unspecified atom stereocenters. The molecule has 0 N–H and O–H groups in total. The van der Waals surface area contributed by atoms with Gasteiger partial charge in [0, 0.05) is 25.0 Å². The van der Waals surface area contributed by atoms with Gasteiger partial charge in [0.25, 0.3) is 0 Å². The number of rotatable bonds is 2. The van der Waals surface area contributed by atoms with Crippen LogP contribution < -0.4 is 4.74 Å². The van der Waals surface area contributed by atoms with Crippen LogP contribution in [0.5, 0.6) is 11.5 Å². The Morgan fingerprint density at radius 3 is 2.90 bits per heavy atom. The molecule has 0 atom stereocenters. The maximum atomic E-state index is 9.43. The van der Waals surface area contributed by atoms with Gasteiger partial charge in [-0.3, -0.25) is 4.98 Å². The van der Waals surface area contributed by atoms with Gasteiger partial charge < -0.3 is 9.30 Å². The smallest absolute Gasteiger partial charge is 0.205 e. The molecule has 3 heterocycles. The number of hydrogen-bond donors (Lipinski definition) is 0. The second-order valence-corrected chi connectivity index (χ2v) is 4.79. The lowest BCUT2D eigenvalue weighted by molar-refractivity contribution is 0.478. The Balaban J connectivity index is 2.15. The molecule has 104 valence electrons. The number of halogens is 1. The van der Waals surface area contributed by atoms with Gasteiger partial charge in [-0.05, 0) is 24.6 Å². The first-order valence-corrected chi connectivity index (χ1v) is 6.49. The van der Waals surface area contributed by atoms with E-state index in [1.165, 1.54) is 6.20 Å². The summed E-state index contributed by atoms with van der Waals surface area (Å²) >= 11 is 5.97. The van der Waals surface area contributed by atoms with Crippen molar-refractivity contribution in [1.29, 1.82) is 5.26 Å². The van der Waals surface area contributed by atoms with E-state index in [1.807, 2.05) is 6.92 Å². The van der Waals surface area contributed by atoms with Crippen LogP contribution in [0.4, 0.5) is 0 Å². The number of hydrogen-bond acceptors (Lipinski definition) is 5. The number of aromatic nitrogens is 4. The highest BCUT2D eigenvalue weighted by Crippen LogP contribution is 2.30. The lowest BCUT2D eigenvalue weighted by Gasteiger charge is -2.08. The maximum Gasteiger partial charge on any atom is 0.205 e. The highest BCUT2D eigenvalue weighted by molar-refractivity contribution is 6.29. The average Bonchev–Trinajstić information content (AvgIpc) is 2.75. The SMILES string of the molecule is Cc1cc(Oc2cnc3nc(Cl)n(C)c3c2C#N)ccn1. The summed E-state index contributed by atoms with van der Waals surface area (Å²) in [5, 5.41) is 9.70. The second kappa shape index (κ2) is 5.04. The minimum atomic E-state index is 0.269. The lowest BCUT2D eigenvalue weighted by atomic mass is 10.2. The first kappa shape index (κ1) is 13.3. The van der Waals surface area contributed by atoms with Crippen LogP contribution in [0.2, 0.25) is 5.28 Å². The van der Waals surface area contributed by atoms with Crippen LogP contribution in [0, 0.1) is 18.3 Å². The van der Waals surface area contributed by atoms with Crippen LogP contribution in [0.3, 0.4) is 0 Å². The molecular weight excluding hydrogens is 290 g/mol. The van der Waals surface area contributed by atoms with Crippen molar-refractivity contribution in [1.82, 2.24) is 19.5 Å². The Morgan fingerprint density at radius 2 is 2.19 bits per heavy atom. The molecule has 7 heteroatoms. The van der Waals surface area contributed by atoms with E-state index in [4.69, 9.17) is 16.3 Å². The molecular formula is C14H10ClN5O. The van der Waals surface area contributed by atoms with Crippen molar-refractivity contribution in [2.45, 2.75) is 6.92 Å². The zero-order valence-electron chi connectivity index (χ0n) is 11.3. The van der Waals surface area contributed by atoms with Gasteiger partial charge in [0.2, 0.25) is 5.28 Å². The van der Waals surface area contributed by atoms with Crippen LogP contribution in [0.1, 0.15) is 11.3 Å². The van der Waals surface area contributed by atoms with Gasteiger partial charge >= 0.3 is 0 Å². The van der Waals surface area contributed by atoms with E-state index in [0.29, 0.717) is 28.2 Å². The standard InChI is InChI=1S/C14H10ClN5O/c1-8-5-9(3-4-17-8)21-11-7-18-13-12(10(11)6-16)20(2)14(15)19-13/h3-5,7H,1-2H3. The van der Waals surface area contributed by atoms with E-state index >= 15 is 0 Å². The van der Waals surface area contributed by atoms with Crippen molar-refractivity contribution in [3.05, 3.63) is 41.1 Å². The van der Waals surface area contributed by atoms with Crippen LogP contribution in [-0.2, 0) is 7.05 Å². The molecule has 0 bridgehead atoms. The fourth-order valence-corrected chi connectivity index (χ4v) is 2.19. The molecule has 0 amide bonds. The number of nitriles is 1. The van der Waals surface area contributed by atoms with E-state index < -0.39 is 0 Å². The zero-order valence-corrected chi connectivity index (χ0v) is 12.1. The van der Waals surface area contributed by atoms with Crippen molar-refractivity contribution >= 4 is 22.8 Å². The monoisotopic (exact) mass is 299 g/mol. The first-order valence-electron chi connectivity index (χ1n) is 6.11. The molecule has 21 heavy (non-hydrogen) atoms. The van der Waals surface area contributed by atoms with Gasteiger partial charge in [-0.15, -0.1) is 0 Å². The number of fused-ring (bicyclic) bond motifs is 1. The normalized spacial score (nSPS) is 10.6. The minimum Gasteiger partial charge on any atom is -0.454 e. The fourth-order valence-electron chi connectivity index (χ4n) is 2.02. The van der Waals surface area contributed by atoms with Crippen LogP contribution in [0.25, 0.3) is 11.2 Å². The lowest BCUT2D eigenvalue weighted by Crippen LogP contribution is -1.96. The van der Waals surface area contributed by atoms with Crippen LogP contribution in [-0.4, -0.2) is 19.5 Å². The largest absolute Gasteiger partial charge is 0.454 e. The maximum absolute atomic E-state index is 9.43. The van der Waals surface area contributed by atoms with Gasteiger partial charge in [-0.1, -0.05) is 0 Å². The summed E-state index contributed by atoms with van der Waals surface area (Å²) in [5.41, 5.74) is 2.13. The van der Waals surface area contributed by atoms with Crippen molar-refractivity contribution in [3.8, 4) is 17.6 Å². The van der Waals surface area contributed by atoms with Crippen molar-refractivity contribution in [2.24, 2.45) is 7.05 Å². The van der Waals surface area contributed by atoms with Crippen molar-refractivity contribution in [2.75, 3.05) is 0 Å². The molecule has 3 aromatic rings. The Kier molecular flexibility index (Phi) is 3.20. The minimum absolute atomic E-state index is 0.269. The van der Waals surface area contributed by atoms with Crippen LogP contribution >= 0.6 is 11.6 Å². The van der Waals surface area contributed by atoms with Gasteiger partial charge in [-0.2, -0.15) is 10.2 Å². The predicted octanol–water partition coefficient (Wildman–Crippen LogP) is 2.99. The van der Waals surface area contributed by atoms with Crippen molar-refractivity contribution in [3.63, 3.8) is 0 Å². The van der Waals surface area contributed by atoms with Crippen molar-refractivity contribution < 1.29 is 4.74 Å². The molecule has 3 aromatic heterocycles. The summed E-state index contributed by atoms with van der Waals surface area (Å²) < 4.78 is 7.35. The Labute approximate surface area is 125 Å². The molecule has 0 aliphatic carbocycles. The van der Waals surface area contributed by atoms with Crippen LogP contribution in [0.15, 0.2) is 24.5 Å². The Bertz CT molecular complexity index is 881. The van der Waals surface area contributed by atoms with Gasteiger partial charge in [0.1, 0.15) is 22.9 Å². The molecule has 0 saturated heterocycles. The fraction of sp³-hybridized carbons (Fsp3) is 0.143. The molecule has 0 spiro atoms. The third-order valence-electron chi connectivity index (χ3n) is 3.02. The Morgan fingerprint density at radius 1 is 1.38 bits per heavy atom. The quantitative estimate of drug-likeness (QED) is 0.727. The van der Waals surface area contributed by atoms with Gasteiger partial charge in [-0.25, -0.2) is 4.98 Å². The van der Waals surface area contributed by atoms with Gasteiger partial charge in [0.15, 0.2) is 11.4 Å². The summed E-state index contributed by atoms with van der Waals surface area (Å²) in [6.45, 7) is 1.86. The molecule has 0 radical (unpaired) electrons.